The zero-order chi connectivity index (χ0) is 20.1. The third-order valence-corrected chi connectivity index (χ3v) is 5.18. The lowest BCUT2D eigenvalue weighted by molar-refractivity contribution is -0.151. The highest BCUT2D eigenvalue weighted by molar-refractivity contribution is 6.33. The van der Waals surface area contributed by atoms with E-state index in [2.05, 4.69) is 47.4 Å². The Morgan fingerprint density at radius 3 is 2.04 bits per heavy atom. The van der Waals surface area contributed by atoms with Crippen LogP contribution in [0.2, 0.25) is 0 Å². The Morgan fingerprint density at radius 2 is 1.46 bits per heavy atom. The van der Waals surface area contributed by atoms with Crippen molar-refractivity contribution in [1.82, 2.24) is 4.57 Å². The van der Waals surface area contributed by atoms with Crippen LogP contribution in [0.15, 0.2) is 72.8 Å². The van der Waals surface area contributed by atoms with Crippen LogP contribution in [-0.4, -0.2) is 23.4 Å². The molecular formula is C24H25NO3. The number of hydrogen-bond donors (Lipinski definition) is 0. The van der Waals surface area contributed by atoms with Crippen LogP contribution in [0.25, 0.3) is 0 Å². The Kier molecular flexibility index (Phi) is 6.09. The molecule has 28 heavy (non-hydrogen) atoms. The van der Waals surface area contributed by atoms with E-state index in [1.807, 2.05) is 48.5 Å². The molecule has 3 rings (SSSR count). The maximum atomic E-state index is 12.4. The smallest absolute Gasteiger partial charge is 0.374 e. The van der Waals surface area contributed by atoms with E-state index in [0.717, 1.165) is 17.0 Å². The number of hydrogen-bond acceptors (Lipinski definition) is 3. The van der Waals surface area contributed by atoms with Gasteiger partial charge in [-0.2, -0.15) is 0 Å². The summed E-state index contributed by atoms with van der Waals surface area (Å²) < 4.78 is 6.89. The normalized spacial score (nSPS) is 13.0. The van der Waals surface area contributed by atoms with Gasteiger partial charge in [-0.15, -0.1) is 0 Å². The van der Waals surface area contributed by atoms with Gasteiger partial charge in [0.15, 0.2) is 0 Å². The second-order valence-electron chi connectivity index (χ2n) is 6.94. The van der Waals surface area contributed by atoms with Crippen molar-refractivity contribution in [3.8, 4) is 0 Å². The van der Waals surface area contributed by atoms with E-state index < -0.39 is 11.8 Å². The van der Waals surface area contributed by atoms with Gasteiger partial charge in [-0.05, 0) is 37.1 Å². The average Bonchev–Trinajstić information content (AvgIpc) is 3.12. The molecule has 2 aromatic carbocycles. The van der Waals surface area contributed by atoms with E-state index >= 15 is 0 Å². The molecule has 0 bridgehead atoms. The van der Waals surface area contributed by atoms with Crippen molar-refractivity contribution >= 4 is 11.8 Å². The third-order valence-electron chi connectivity index (χ3n) is 5.18. The zero-order valence-electron chi connectivity index (χ0n) is 16.5. The maximum Gasteiger partial charge on any atom is 0.374 e. The molecule has 0 amide bonds. The SMILES string of the molecule is COC(=O)C(=O)C[C@H](c1ccccc1)c1ccc(C)n1[C@H](C)c1ccccc1. The molecule has 0 aliphatic rings. The van der Waals surface area contributed by atoms with Crippen molar-refractivity contribution in [2.45, 2.75) is 32.2 Å². The molecule has 0 unspecified atom stereocenters. The fourth-order valence-electron chi connectivity index (χ4n) is 3.73. The first-order valence-corrected chi connectivity index (χ1v) is 9.41. The molecule has 144 valence electrons. The van der Waals surface area contributed by atoms with Crippen LogP contribution >= 0.6 is 0 Å². The second-order valence-corrected chi connectivity index (χ2v) is 6.94. The Bertz CT molecular complexity index is 944. The molecule has 1 heterocycles. The first kappa shape index (κ1) is 19.6. The number of nitrogens with zero attached hydrogens (tertiary/aromatic N) is 1. The van der Waals surface area contributed by atoms with E-state index in [-0.39, 0.29) is 18.4 Å². The molecule has 0 N–H and O–H groups in total. The van der Waals surface area contributed by atoms with Gasteiger partial charge in [0.2, 0.25) is 5.78 Å². The number of methoxy groups -OCH3 is 1. The average molecular weight is 375 g/mol. The molecule has 0 fully saturated rings. The van der Waals surface area contributed by atoms with Crippen molar-refractivity contribution < 1.29 is 14.3 Å². The summed E-state index contributed by atoms with van der Waals surface area (Å²) in [7, 11) is 1.24. The van der Waals surface area contributed by atoms with Crippen LogP contribution in [0.1, 0.15) is 47.8 Å². The minimum atomic E-state index is -0.799. The molecule has 0 saturated heterocycles. The molecule has 3 aromatic rings. The van der Waals surface area contributed by atoms with Gasteiger partial charge in [0, 0.05) is 23.7 Å². The molecule has 4 heteroatoms. The van der Waals surface area contributed by atoms with Gasteiger partial charge >= 0.3 is 5.97 Å². The van der Waals surface area contributed by atoms with Crippen LogP contribution in [0, 0.1) is 6.92 Å². The number of aromatic nitrogens is 1. The molecular weight excluding hydrogens is 350 g/mol. The number of rotatable bonds is 7. The molecule has 0 spiro atoms. The van der Waals surface area contributed by atoms with Gasteiger partial charge in [-0.1, -0.05) is 60.7 Å². The summed E-state index contributed by atoms with van der Waals surface area (Å²) >= 11 is 0. The van der Waals surface area contributed by atoms with Crippen LogP contribution in [0.4, 0.5) is 0 Å². The summed E-state index contributed by atoms with van der Waals surface area (Å²) in [6.45, 7) is 4.21. The standard InChI is InChI=1S/C24H25NO3/c1-17-14-15-22(25(17)18(2)19-10-6-4-7-11-19)21(16-23(26)24(27)28-3)20-12-8-5-9-13-20/h4-15,18,21H,16H2,1-3H3/t18-,21-/m1/s1. The number of ether oxygens (including phenoxy) is 1. The Hall–Kier alpha value is -3.14. The van der Waals surface area contributed by atoms with Gasteiger partial charge < -0.3 is 9.30 Å². The monoisotopic (exact) mass is 375 g/mol. The van der Waals surface area contributed by atoms with E-state index in [9.17, 15) is 9.59 Å². The first-order chi connectivity index (χ1) is 13.5. The highest BCUT2D eigenvalue weighted by atomic mass is 16.5. The molecule has 0 radical (unpaired) electrons. The minimum absolute atomic E-state index is 0.0711. The van der Waals surface area contributed by atoms with Crippen molar-refractivity contribution in [1.29, 1.82) is 0 Å². The summed E-state index contributed by atoms with van der Waals surface area (Å²) in [6, 6.07) is 24.3. The first-order valence-electron chi connectivity index (χ1n) is 9.41. The van der Waals surface area contributed by atoms with Crippen molar-refractivity contribution in [3.05, 3.63) is 95.3 Å². The van der Waals surface area contributed by atoms with E-state index in [1.54, 1.807) is 0 Å². The highest BCUT2D eigenvalue weighted by Gasteiger charge is 2.27. The largest absolute Gasteiger partial charge is 0.463 e. The fourth-order valence-corrected chi connectivity index (χ4v) is 3.73. The number of benzene rings is 2. The molecule has 0 aliphatic carbocycles. The Morgan fingerprint density at radius 1 is 0.893 bits per heavy atom. The molecule has 0 saturated carbocycles. The highest BCUT2D eigenvalue weighted by Crippen LogP contribution is 2.33. The number of aryl methyl sites for hydroxylation is 1. The predicted molar refractivity (Wildman–Crippen MR) is 109 cm³/mol. The second kappa shape index (κ2) is 8.70. The molecule has 0 aliphatic heterocycles. The maximum absolute atomic E-state index is 12.4. The van der Waals surface area contributed by atoms with Crippen LogP contribution in [0.3, 0.4) is 0 Å². The van der Waals surface area contributed by atoms with Gasteiger partial charge in [-0.3, -0.25) is 4.79 Å². The Balaban J connectivity index is 2.06. The number of ketones is 1. The van der Waals surface area contributed by atoms with Gasteiger partial charge in [0.25, 0.3) is 0 Å². The third kappa shape index (κ3) is 4.06. The van der Waals surface area contributed by atoms with Gasteiger partial charge in [0.1, 0.15) is 0 Å². The van der Waals surface area contributed by atoms with Crippen molar-refractivity contribution in [2.75, 3.05) is 7.11 Å². The molecule has 2 atom stereocenters. The van der Waals surface area contributed by atoms with Crippen LogP contribution in [-0.2, 0) is 14.3 Å². The Labute approximate surface area is 165 Å². The summed E-state index contributed by atoms with van der Waals surface area (Å²) in [4.78, 5) is 24.2. The quantitative estimate of drug-likeness (QED) is 0.445. The van der Waals surface area contributed by atoms with E-state index in [1.165, 1.54) is 12.7 Å². The van der Waals surface area contributed by atoms with Crippen LogP contribution in [0.5, 0.6) is 0 Å². The summed E-state index contributed by atoms with van der Waals surface area (Å²) in [5.41, 5.74) is 4.31. The molecule has 4 nitrogen and oxygen atoms in total. The van der Waals surface area contributed by atoms with Gasteiger partial charge in [-0.25, -0.2) is 4.79 Å². The lowest BCUT2D eigenvalue weighted by Gasteiger charge is -2.25. The van der Waals surface area contributed by atoms with E-state index in [4.69, 9.17) is 0 Å². The number of carbonyl (C=O) groups is 2. The lowest BCUT2D eigenvalue weighted by atomic mass is 9.90. The summed E-state index contributed by atoms with van der Waals surface area (Å²) in [5, 5.41) is 0. The topological polar surface area (TPSA) is 48.3 Å². The van der Waals surface area contributed by atoms with Crippen molar-refractivity contribution in [3.63, 3.8) is 0 Å². The fraction of sp³-hybridized carbons (Fsp3) is 0.250. The zero-order valence-corrected chi connectivity index (χ0v) is 16.5. The summed E-state index contributed by atoms with van der Waals surface area (Å²) in [6.07, 6.45) is 0.0711. The van der Waals surface area contributed by atoms with E-state index in [0.29, 0.717) is 0 Å². The van der Waals surface area contributed by atoms with Crippen LogP contribution < -0.4 is 0 Å². The number of esters is 1. The number of carbonyl (C=O) groups excluding carboxylic acids is 2. The summed E-state index contributed by atoms with van der Waals surface area (Å²) in [5.74, 6) is -1.55. The minimum Gasteiger partial charge on any atom is -0.463 e. The molecule has 1 aromatic heterocycles. The van der Waals surface area contributed by atoms with Gasteiger partial charge in [0.05, 0.1) is 13.2 Å². The lowest BCUT2D eigenvalue weighted by Crippen LogP contribution is -2.22. The predicted octanol–water partition coefficient (Wildman–Crippen LogP) is 4.67. The van der Waals surface area contributed by atoms with Crippen molar-refractivity contribution in [2.24, 2.45) is 0 Å². The number of Topliss-reactive ketones (excluding diaryl/α,β-unsaturated/α-hetero) is 1.